The molecule has 3 rings (SSSR count). The Labute approximate surface area is 168 Å². The van der Waals surface area contributed by atoms with E-state index in [0.717, 1.165) is 42.5 Å². The molecule has 1 fully saturated rings. The van der Waals surface area contributed by atoms with Crippen molar-refractivity contribution in [2.45, 2.75) is 45.3 Å². The Morgan fingerprint density at radius 2 is 1.93 bits per heavy atom. The second-order valence-corrected chi connectivity index (χ2v) is 7.31. The van der Waals surface area contributed by atoms with Crippen molar-refractivity contribution in [3.8, 4) is 5.75 Å². The third kappa shape index (κ3) is 5.99. The Morgan fingerprint density at radius 3 is 2.64 bits per heavy atom. The number of benzene rings is 2. The van der Waals surface area contributed by atoms with Gasteiger partial charge in [-0.05, 0) is 69.0 Å². The molecule has 1 saturated heterocycles. The molecule has 5 nitrogen and oxygen atoms in total. The average molecular weight is 381 g/mol. The molecule has 1 aliphatic rings. The summed E-state index contributed by atoms with van der Waals surface area (Å²) in [7, 11) is 0. The van der Waals surface area contributed by atoms with E-state index < -0.39 is 0 Å². The molecule has 2 aromatic rings. The van der Waals surface area contributed by atoms with Crippen molar-refractivity contribution in [1.29, 1.82) is 0 Å². The molecule has 0 amide bonds. The van der Waals surface area contributed by atoms with Crippen LogP contribution in [0.25, 0.3) is 0 Å². The van der Waals surface area contributed by atoms with Gasteiger partial charge in [0.05, 0.1) is 0 Å². The summed E-state index contributed by atoms with van der Waals surface area (Å²) in [5.41, 5.74) is 7.83. The predicted molar refractivity (Wildman–Crippen MR) is 117 cm³/mol. The van der Waals surface area contributed by atoms with Crippen LogP contribution in [0.1, 0.15) is 38.2 Å². The zero-order valence-electron chi connectivity index (χ0n) is 16.8. The van der Waals surface area contributed by atoms with Crippen LogP contribution in [0.5, 0.6) is 5.75 Å². The fourth-order valence-corrected chi connectivity index (χ4v) is 3.40. The Kier molecular flexibility index (Phi) is 7.73. The zero-order valence-corrected chi connectivity index (χ0v) is 16.8. The van der Waals surface area contributed by atoms with E-state index in [1.165, 1.54) is 19.3 Å². The summed E-state index contributed by atoms with van der Waals surface area (Å²) in [4.78, 5) is 7.19. The number of hydrogen-bond donors (Lipinski definition) is 2. The third-order valence-electron chi connectivity index (χ3n) is 5.06. The molecular weight excluding hydrogens is 348 g/mol. The molecular formula is C23H32N4O. The molecule has 1 heterocycles. The number of rotatable bonds is 7. The Balaban J connectivity index is 1.62. The lowest BCUT2D eigenvalue weighted by molar-refractivity contribution is 0.257. The highest BCUT2D eigenvalue weighted by molar-refractivity contribution is 5.94. The van der Waals surface area contributed by atoms with Gasteiger partial charge in [0.25, 0.3) is 0 Å². The first-order valence-electron chi connectivity index (χ1n) is 10.3. The maximum atomic E-state index is 5.88. The van der Waals surface area contributed by atoms with Crippen LogP contribution in [0.3, 0.4) is 0 Å². The van der Waals surface area contributed by atoms with Crippen molar-refractivity contribution in [3.63, 3.8) is 0 Å². The van der Waals surface area contributed by atoms with Gasteiger partial charge in [-0.2, -0.15) is 0 Å². The number of hydrogen-bond acceptors (Lipinski definition) is 3. The molecule has 0 saturated carbocycles. The van der Waals surface area contributed by atoms with E-state index >= 15 is 0 Å². The molecule has 1 aliphatic heterocycles. The van der Waals surface area contributed by atoms with Gasteiger partial charge in [0.2, 0.25) is 0 Å². The molecule has 28 heavy (non-hydrogen) atoms. The molecule has 3 N–H and O–H groups in total. The van der Waals surface area contributed by atoms with Crippen LogP contribution in [-0.4, -0.2) is 36.5 Å². The summed E-state index contributed by atoms with van der Waals surface area (Å²) in [5.74, 6) is 1.82. The van der Waals surface area contributed by atoms with Crippen molar-refractivity contribution >= 4 is 11.6 Å². The number of likely N-dealkylation sites (tertiary alicyclic amines) is 1. The van der Waals surface area contributed by atoms with Crippen LogP contribution in [-0.2, 0) is 6.61 Å². The molecule has 0 aromatic heterocycles. The van der Waals surface area contributed by atoms with Gasteiger partial charge < -0.3 is 20.7 Å². The number of aliphatic imine (C=N–C) groups is 1. The van der Waals surface area contributed by atoms with Crippen molar-refractivity contribution in [2.75, 3.05) is 25.0 Å². The van der Waals surface area contributed by atoms with Crippen LogP contribution in [0.15, 0.2) is 59.6 Å². The second kappa shape index (κ2) is 10.7. The highest BCUT2D eigenvalue weighted by Gasteiger charge is 2.21. The number of nitrogens with one attached hydrogen (secondary N) is 1. The van der Waals surface area contributed by atoms with E-state index in [4.69, 9.17) is 15.5 Å². The van der Waals surface area contributed by atoms with Crippen LogP contribution in [0, 0.1) is 0 Å². The van der Waals surface area contributed by atoms with E-state index in [1.54, 1.807) is 0 Å². The minimum absolute atomic E-state index is 0.506. The first-order valence-corrected chi connectivity index (χ1v) is 10.3. The van der Waals surface area contributed by atoms with Gasteiger partial charge in [-0.1, -0.05) is 30.3 Å². The molecule has 0 radical (unpaired) electrons. The predicted octanol–water partition coefficient (Wildman–Crippen LogP) is 4.26. The summed E-state index contributed by atoms with van der Waals surface area (Å²) in [6.07, 6.45) is 4.62. The zero-order chi connectivity index (χ0) is 19.6. The quantitative estimate of drug-likeness (QED) is 0.428. The van der Waals surface area contributed by atoms with Crippen LogP contribution < -0.4 is 15.8 Å². The third-order valence-corrected chi connectivity index (χ3v) is 5.06. The number of piperidine rings is 1. The number of nitrogens with two attached hydrogens (primary N) is 1. The average Bonchev–Trinajstić information content (AvgIpc) is 2.74. The minimum atomic E-state index is 0.506. The van der Waals surface area contributed by atoms with Crippen molar-refractivity contribution in [3.05, 3.63) is 60.2 Å². The first kappa shape index (κ1) is 20.2. The van der Waals surface area contributed by atoms with Crippen LogP contribution >= 0.6 is 0 Å². The second-order valence-electron chi connectivity index (χ2n) is 7.31. The van der Waals surface area contributed by atoms with Gasteiger partial charge in [0.15, 0.2) is 5.96 Å². The Bertz CT molecular complexity index is 730. The van der Waals surface area contributed by atoms with Gasteiger partial charge in [-0.25, -0.2) is 0 Å². The standard InChI is InChI=1S/C23H32N4O/c1-19-8-5-6-17-27(19)23(25-16-7-15-24)26-21-11-13-22(14-12-21)28-18-20-9-3-2-4-10-20/h2-4,9-14,19H,5-8,15-18,24H2,1H3,(H,25,26). The van der Waals surface area contributed by atoms with Crippen LogP contribution in [0.2, 0.25) is 0 Å². The SMILES string of the molecule is CC1CCCCN1C(=NCCCN)Nc1ccc(OCc2ccccc2)cc1. The number of anilines is 1. The topological polar surface area (TPSA) is 62.9 Å². The van der Waals surface area contributed by atoms with E-state index in [0.29, 0.717) is 19.2 Å². The molecule has 0 bridgehead atoms. The summed E-state index contributed by atoms with van der Waals surface area (Å²) in [5, 5.41) is 3.52. The summed E-state index contributed by atoms with van der Waals surface area (Å²) >= 11 is 0. The normalized spacial score (nSPS) is 17.4. The maximum absolute atomic E-state index is 5.88. The van der Waals surface area contributed by atoms with E-state index in [1.807, 2.05) is 42.5 Å². The van der Waals surface area contributed by atoms with Gasteiger partial charge >= 0.3 is 0 Å². The molecule has 5 heteroatoms. The van der Waals surface area contributed by atoms with Crippen molar-refractivity contribution in [1.82, 2.24) is 4.90 Å². The molecule has 150 valence electrons. The van der Waals surface area contributed by atoms with Crippen LogP contribution in [0.4, 0.5) is 5.69 Å². The number of ether oxygens (including phenoxy) is 1. The highest BCUT2D eigenvalue weighted by Crippen LogP contribution is 2.21. The first-order chi connectivity index (χ1) is 13.8. The van der Waals surface area contributed by atoms with E-state index in [9.17, 15) is 0 Å². The fraction of sp³-hybridized carbons (Fsp3) is 0.435. The molecule has 1 unspecified atom stereocenters. The lowest BCUT2D eigenvalue weighted by atomic mass is 10.0. The Morgan fingerprint density at radius 1 is 1.14 bits per heavy atom. The van der Waals surface area contributed by atoms with Gasteiger partial charge in [0, 0.05) is 24.8 Å². The summed E-state index contributed by atoms with van der Waals surface area (Å²) in [6, 6.07) is 18.8. The van der Waals surface area contributed by atoms with Gasteiger partial charge in [-0.3, -0.25) is 4.99 Å². The van der Waals surface area contributed by atoms with Crippen molar-refractivity contribution < 1.29 is 4.74 Å². The van der Waals surface area contributed by atoms with Gasteiger partial charge in [-0.15, -0.1) is 0 Å². The fourth-order valence-electron chi connectivity index (χ4n) is 3.40. The largest absolute Gasteiger partial charge is 0.489 e. The maximum Gasteiger partial charge on any atom is 0.198 e. The van der Waals surface area contributed by atoms with E-state index in [2.05, 4.69) is 29.3 Å². The van der Waals surface area contributed by atoms with Gasteiger partial charge in [0.1, 0.15) is 12.4 Å². The molecule has 2 aromatic carbocycles. The Hall–Kier alpha value is -2.53. The number of guanidine groups is 1. The van der Waals surface area contributed by atoms with Crippen molar-refractivity contribution in [2.24, 2.45) is 10.7 Å². The lowest BCUT2D eigenvalue weighted by Crippen LogP contribution is -2.45. The molecule has 0 aliphatic carbocycles. The lowest BCUT2D eigenvalue weighted by Gasteiger charge is -2.36. The smallest absolute Gasteiger partial charge is 0.198 e. The van der Waals surface area contributed by atoms with E-state index in [-0.39, 0.29) is 0 Å². The highest BCUT2D eigenvalue weighted by atomic mass is 16.5. The summed E-state index contributed by atoms with van der Waals surface area (Å²) in [6.45, 7) is 5.32. The summed E-state index contributed by atoms with van der Waals surface area (Å²) < 4.78 is 5.88. The molecule has 0 spiro atoms. The minimum Gasteiger partial charge on any atom is -0.489 e. The monoisotopic (exact) mass is 380 g/mol. The number of nitrogens with zero attached hydrogens (tertiary/aromatic N) is 2. The molecule has 1 atom stereocenters.